The van der Waals surface area contributed by atoms with Crippen molar-refractivity contribution in [2.24, 2.45) is 0 Å². The van der Waals surface area contributed by atoms with Gasteiger partial charge in [0.25, 0.3) is 5.91 Å². The molecule has 200 valence electrons. The molecule has 0 unspecified atom stereocenters. The summed E-state index contributed by atoms with van der Waals surface area (Å²) >= 11 is 0. The van der Waals surface area contributed by atoms with Gasteiger partial charge in [0.2, 0.25) is 5.95 Å². The van der Waals surface area contributed by atoms with Crippen molar-refractivity contribution < 1.29 is 27.9 Å². The topological polar surface area (TPSA) is 131 Å². The molecular weight excluding hydrogens is 501 g/mol. The lowest BCUT2D eigenvalue weighted by Crippen LogP contribution is -2.40. The third-order valence-electron chi connectivity index (χ3n) is 5.92. The highest BCUT2D eigenvalue weighted by molar-refractivity contribution is 5.94. The number of hydrogen-bond donors (Lipinski definition) is 3. The summed E-state index contributed by atoms with van der Waals surface area (Å²) in [5.74, 6) is -1.30. The minimum Gasteiger partial charge on any atom is -0.475 e. The summed E-state index contributed by atoms with van der Waals surface area (Å²) in [5.41, 5.74) is 2.06. The number of hydrogen-bond acceptors (Lipinski definition) is 7. The van der Waals surface area contributed by atoms with E-state index in [1.54, 1.807) is 24.3 Å². The molecule has 3 aromatic rings. The SMILES string of the molecule is CN(C)c1nc(NC2CCC(NC(=O)c3ccc(C#N)cc3)CC2)nc2ccccc12.O=C(O)C(F)(F)F. The number of anilines is 2. The zero-order chi connectivity index (χ0) is 27.9. The number of benzene rings is 2. The molecule has 9 nitrogen and oxygen atoms in total. The van der Waals surface area contributed by atoms with Crippen LogP contribution >= 0.6 is 0 Å². The van der Waals surface area contributed by atoms with E-state index in [1.807, 2.05) is 43.3 Å². The molecule has 1 aromatic heterocycles. The number of carbonyl (C=O) groups is 2. The molecule has 1 aliphatic carbocycles. The highest BCUT2D eigenvalue weighted by atomic mass is 19.4. The number of amides is 1. The van der Waals surface area contributed by atoms with E-state index < -0.39 is 12.1 Å². The highest BCUT2D eigenvalue weighted by Gasteiger charge is 2.38. The van der Waals surface area contributed by atoms with E-state index in [4.69, 9.17) is 25.1 Å². The van der Waals surface area contributed by atoms with Crippen LogP contribution in [-0.4, -0.2) is 59.3 Å². The number of aliphatic carboxylic acids is 1. The van der Waals surface area contributed by atoms with Crippen LogP contribution in [0.25, 0.3) is 10.9 Å². The number of para-hydroxylation sites is 1. The Balaban J connectivity index is 0.000000505. The summed E-state index contributed by atoms with van der Waals surface area (Å²) in [6.45, 7) is 0. The van der Waals surface area contributed by atoms with Gasteiger partial charge in [-0.25, -0.2) is 9.78 Å². The first-order valence-electron chi connectivity index (χ1n) is 11.8. The van der Waals surface area contributed by atoms with Crippen molar-refractivity contribution >= 4 is 34.5 Å². The van der Waals surface area contributed by atoms with Crippen LogP contribution in [0.3, 0.4) is 0 Å². The van der Waals surface area contributed by atoms with Crippen LogP contribution in [0, 0.1) is 11.3 Å². The van der Waals surface area contributed by atoms with E-state index in [2.05, 4.69) is 16.7 Å². The second-order valence-corrected chi connectivity index (χ2v) is 8.94. The first-order chi connectivity index (χ1) is 18.0. The zero-order valence-electron chi connectivity index (χ0n) is 20.8. The Bertz CT molecular complexity index is 1310. The van der Waals surface area contributed by atoms with Crippen LogP contribution in [0.4, 0.5) is 24.9 Å². The Hall–Kier alpha value is -4.40. The highest BCUT2D eigenvalue weighted by Crippen LogP contribution is 2.26. The molecule has 4 rings (SSSR count). The molecule has 3 N–H and O–H groups in total. The number of nitrogens with one attached hydrogen (secondary N) is 2. The van der Waals surface area contributed by atoms with Gasteiger partial charge < -0.3 is 20.6 Å². The number of nitrogens with zero attached hydrogens (tertiary/aromatic N) is 4. The van der Waals surface area contributed by atoms with E-state index in [9.17, 15) is 18.0 Å². The number of aromatic nitrogens is 2. The number of nitriles is 1. The molecule has 1 heterocycles. The van der Waals surface area contributed by atoms with Gasteiger partial charge in [-0.15, -0.1) is 0 Å². The van der Waals surface area contributed by atoms with E-state index in [-0.39, 0.29) is 18.0 Å². The smallest absolute Gasteiger partial charge is 0.475 e. The van der Waals surface area contributed by atoms with Crippen LogP contribution in [0.2, 0.25) is 0 Å². The monoisotopic (exact) mass is 528 g/mol. The van der Waals surface area contributed by atoms with E-state index in [1.165, 1.54) is 0 Å². The first-order valence-corrected chi connectivity index (χ1v) is 11.8. The van der Waals surface area contributed by atoms with Crippen molar-refractivity contribution in [3.8, 4) is 6.07 Å². The zero-order valence-corrected chi connectivity index (χ0v) is 20.8. The Kier molecular flexibility index (Phi) is 9.07. The average Bonchev–Trinajstić information content (AvgIpc) is 2.89. The standard InChI is InChI=1S/C24H26N6O.C2HF3O2/c1-30(2)22-20-5-3-4-6-21(20)28-24(29-22)27-19-13-11-18(12-14-19)26-23(31)17-9-7-16(15-25)8-10-17;3-2(4,5)1(6)7/h3-10,18-19H,11-14H2,1-2H3,(H,26,31)(H,27,28,29);(H,6,7). The lowest BCUT2D eigenvalue weighted by molar-refractivity contribution is -0.192. The van der Waals surface area contributed by atoms with Crippen molar-refractivity contribution in [2.75, 3.05) is 24.3 Å². The molecule has 0 aliphatic heterocycles. The van der Waals surface area contributed by atoms with Gasteiger partial charge >= 0.3 is 12.1 Å². The Morgan fingerprint density at radius 1 is 1.00 bits per heavy atom. The quantitative estimate of drug-likeness (QED) is 0.445. The normalized spacial score (nSPS) is 16.9. The third-order valence-corrected chi connectivity index (χ3v) is 5.92. The van der Waals surface area contributed by atoms with Gasteiger partial charge in [-0.3, -0.25) is 4.79 Å². The Morgan fingerprint density at radius 2 is 1.58 bits per heavy atom. The number of alkyl halides is 3. The van der Waals surface area contributed by atoms with E-state index in [0.29, 0.717) is 17.1 Å². The molecule has 0 saturated heterocycles. The predicted molar refractivity (Wildman–Crippen MR) is 136 cm³/mol. The largest absolute Gasteiger partial charge is 0.490 e. The van der Waals surface area contributed by atoms with Gasteiger partial charge in [-0.05, 0) is 62.1 Å². The second-order valence-electron chi connectivity index (χ2n) is 8.94. The van der Waals surface area contributed by atoms with Gasteiger partial charge in [0.1, 0.15) is 5.82 Å². The first kappa shape index (κ1) is 28.2. The van der Waals surface area contributed by atoms with Crippen LogP contribution in [0.1, 0.15) is 41.6 Å². The summed E-state index contributed by atoms with van der Waals surface area (Å²) in [5, 5.41) is 23.7. The minimum absolute atomic E-state index is 0.0885. The molecule has 0 radical (unpaired) electrons. The number of carbonyl (C=O) groups excluding carboxylic acids is 1. The Morgan fingerprint density at radius 3 is 2.13 bits per heavy atom. The minimum atomic E-state index is -5.08. The fourth-order valence-corrected chi connectivity index (χ4v) is 3.99. The van der Waals surface area contributed by atoms with Crippen molar-refractivity contribution in [3.05, 3.63) is 59.7 Å². The van der Waals surface area contributed by atoms with Crippen molar-refractivity contribution in [3.63, 3.8) is 0 Å². The Labute approximate surface area is 217 Å². The van der Waals surface area contributed by atoms with Crippen LogP contribution < -0.4 is 15.5 Å². The van der Waals surface area contributed by atoms with Gasteiger partial charge in [-0.2, -0.15) is 23.4 Å². The summed E-state index contributed by atoms with van der Waals surface area (Å²) < 4.78 is 31.7. The molecular formula is C26H27F3N6O3. The average molecular weight is 529 g/mol. The number of fused-ring (bicyclic) bond motifs is 1. The van der Waals surface area contributed by atoms with E-state index in [0.717, 1.165) is 42.4 Å². The molecule has 38 heavy (non-hydrogen) atoms. The molecule has 0 atom stereocenters. The van der Waals surface area contributed by atoms with Gasteiger partial charge in [0.15, 0.2) is 0 Å². The van der Waals surface area contributed by atoms with Gasteiger partial charge in [-0.1, -0.05) is 12.1 Å². The molecule has 1 aliphatic rings. The summed E-state index contributed by atoms with van der Waals surface area (Å²) in [7, 11) is 3.97. The van der Waals surface area contributed by atoms with Crippen LogP contribution in [0.5, 0.6) is 0 Å². The molecule has 0 bridgehead atoms. The number of carboxylic acid groups (broad SMARTS) is 1. The molecule has 1 fully saturated rings. The molecule has 1 saturated carbocycles. The maximum absolute atomic E-state index is 12.5. The third kappa shape index (κ3) is 7.55. The van der Waals surface area contributed by atoms with Gasteiger partial charge in [0, 0.05) is 37.1 Å². The van der Waals surface area contributed by atoms with Crippen molar-refractivity contribution in [1.82, 2.24) is 15.3 Å². The maximum Gasteiger partial charge on any atom is 0.490 e. The fraction of sp³-hybridized carbons (Fsp3) is 0.346. The molecule has 2 aromatic carbocycles. The van der Waals surface area contributed by atoms with Gasteiger partial charge in [0.05, 0.1) is 17.1 Å². The molecule has 0 spiro atoms. The fourth-order valence-electron chi connectivity index (χ4n) is 3.99. The number of halogens is 3. The van der Waals surface area contributed by atoms with E-state index >= 15 is 0 Å². The van der Waals surface area contributed by atoms with Crippen molar-refractivity contribution in [2.45, 2.75) is 43.9 Å². The molecule has 1 amide bonds. The van der Waals surface area contributed by atoms with Crippen LogP contribution in [0.15, 0.2) is 48.5 Å². The molecule has 12 heteroatoms. The van der Waals surface area contributed by atoms with Crippen molar-refractivity contribution in [1.29, 1.82) is 5.26 Å². The number of rotatable bonds is 5. The summed E-state index contributed by atoms with van der Waals surface area (Å²) in [6, 6.07) is 17.2. The maximum atomic E-state index is 12.5. The van der Waals surface area contributed by atoms with Crippen LogP contribution in [-0.2, 0) is 4.79 Å². The summed E-state index contributed by atoms with van der Waals surface area (Å²) in [4.78, 5) is 32.8. The number of carboxylic acids is 1. The second kappa shape index (κ2) is 12.2. The lowest BCUT2D eigenvalue weighted by atomic mass is 9.91. The lowest BCUT2D eigenvalue weighted by Gasteiger charge is -2.30. The summed E-state index contributed by atoms with van der Waals surface area (Å²) in [6.07, 6.45) is -1.42. The predicted octanol–water partition coefficient (Wildman–Crippen LogP) is 4.35.